The molecule has 0 bridgehead atoms. The molecule has 3 heterocycles. The Balaban J connectivity index is 2.38. The first kappa shape index (κ1) is 19.3. The maximum Gasteiger partial charge on any atom is 0.435 e. The number of aromatic nitrogens is 6. The summed E-state index contributed by atoms with van der Waals surface area (Å²) in [5.41, 5.74) is -3.80. The minimum absolute atomic E-state index is 0.108. The Morgan fingerprint density at radius 3 is 1.48 bits per heavy atom. The molecule has 0 radical (unpaired) electrons. The summed E-state index contributed by atoms with van der Waals surface area (Å²) >= 11 is 0. The molecule has 10 nitrogen and oxygen atoms in total. The highest BCUT2D eigenvalue weighted by Crippen LogP contribution is 2.37. The molecule has 0 fully saturated rings. The van der Waals surface area contributed by atoms with Crippen molar-refractivity contribution < 1.29 is 13.2 Å². The summed E-state index contributed by atoms with van der Waals surface area (Å²) in [6, 6.07) is 3.34. The van der Waals surface area contributed by atoms with Gasteiger partial charge in [-0.05, 0) is 6.92 Å². The number of alkyl halides is 3. The number of rotatable bonds is 0. The number of benzene rings is 1. The van der Waals surface area contributed by atoms with Crippen LogP contribution in [0.1, 0.15) is 22.8 Å². The topological polar surface area (TPSA) is 134 Å². The van der Waals surface area contributed by atoms with Gasteiger partial charge in [-0.25, -0.2) is 19.9 Å². The zero-order chi connectivity index (χ0) is 22.5. The molecule has 31 heavy (non-hydrogen) atoms. The van der Waals surface area contributed by atoms with Gasteiger partial charge in [-0.1, -0.05) is 13.1 Å². The molecular weight excluding hydrogens is 413 g/mol. The number of nitrogens with zero attached hydrogens (tertiary/aromatic N) is 10. The van der Waals surface area contributed by atoms with E-state index in [-0.39, 0.29) is 44.7 Å². The van der Waals surface area contributed by atoms with E-state index >= 15 is 0 Å². The molecular formula is C18H3F3N10. The predicted octanol–water partition coefficient (Wildman–Crippen LogP) is 3.69. The molecule has 0 aliphatic heterocycles. The fourth-order valence-electron chi connectivity index (χ4n) is 2.94. The van der Waals surface area contributed by atoms with E-state index in [1.165, 1.54) is 0 Å². The Morgan fingerprint density at radius 1 is 0.710 bits per heavy atom. The van der Waals surface area contributed by atoms with Gasteiger partial charge in [0.2, 0.25) is 11.0 Å². The van der Waals surface area contributed by atoms with Crippen LogP contribution in [0.15, 0.2) is 0 Å². The van der Waals surface area contributed by atoms with Crippen LogP contribution in [0.3, 0.4) is 0 Å². The molecule has 3 aromatic heterocycles. The Kier molecular flexibility index (Phi) is 4.06. The van der Waals surface area contributed by atoms with E-state index in [2.05, 4.69) is 39.6 Å². The van der Waals surface area contributed by atoms with Gasteiger partial charge in [-0.2, -0.15) is 23.7 Å². The molecule has 13 heteroatoms. The van der Waals surface area contributed by atoms with E-state index in [4.69, 9.17) is 13.1 Å². The lowest BCUT2D eigenvalue weighted by Crippen LogP contribution is -2.13. The second-order valence-electron chi connectivity index (χ2n) is 5.99. The molecule has 0 aliphatic carbocycles. The zero-order valence-corrected chi connectivity index (χ0v) is 15.1. The highest BCUT2D eigenvalue weighted by molar-refractivity contribution is 6.18. The second-order valence-corrected chi connectivity index (χ2v) is 5.99. The van der Waals surface area contributed by atoms with Gasteiger partial charge in [0.1, 0.15) is 34.2 Å². The van der Waals surface area contributed by atoms with Crippen molar-refractivity contribution in [1.29, 1.82) is 10.5 Å². The van der Waals surface area contributed by atoms with Crippen LogP contribution in [0.4, 0.5) is 24.8 Å². The third kappa shape index (κ3) is 2.78. The molecule has 0 aliphatic rings. The lowest BCUT2D eigenvalue weighted by Gasteiger charge is -2.11. The van der Waals surface area contributed by atoms with E-state index in [0.29, 0.717) is 0 Å². The van der Waals surface area contributed by atoms with Crippen LogP contribution in [0.25, 0.3) is 42.8 Å². The van der Waals surface area contributed by atoms with Crippen molar-refractivity contribution in [2.24, 2.45) is 0 Å². The van der Waals surface area contributed by atoms with E-state index in [1.54, 1.807) is 12.1 Å². The molecule has 1 aromatic carbocycles. The molecule has 0 N–H and O–H groups in total. The quantitative estimate of drug-likeness (QED) is 0.313. The van der Waals surface area contributed by atoms with Crippen molar-refractivity contribution in [3.63, 3.8) is 0 Å². The van der Waals surface area contributed by atoms with Gasteiger partial charge in [-0.3, -0.25) is 0 Å². The van der Waals surface area contributed by atoms with Crippen LogP contribution in [0.2, 0.25) is 0 Å². The summed E-state index contributed by atoms with van der Waals surface area (Å²) in [4.78, 5) is 30.0. The largest absolute Gasteiger partial charge is 0.435 e. The third-order valence-corrected chi connectivity index (χ3v) is 4.19. The number of nitriles is 2. The average molecular weight is 416 g/mol. The monoisotopic (exact) mass is 416 g/mol. The van der Waals surface area contributed by atoms with E-state index in [9.17, 15) is 23.7 Å². The van der Waals surface area contributed by atoms with Crippen molar-refractivity contribution in [1.82, 2.24) is 29.9 Å². The summed E-state index contributed by atoms with van der Waals surface area (Å²) in [5.74, 6) is -0.756. The van der Waals surface area contributed by atoms with E-state index in [1.807, 2.05) is 0 Å². The fourth-order valence-corrected chi connectivity index (χ4v) is 2.94. The molecule has 4 aromatic rings. The number of hydrogen-bond acceptors (Lipinski definition) is 8. The lowest BCUT2D eigenvalue weighted by atomic mass is 10.1. The molecule has 0 spiro atoms. The summed E-state index contributed by atoms with van der Waals surface area (Å²) < 4.78 is 40.3. The number of fused-ring (bicyclic) bond motifs is 6. The van der Waals surface area contributed by atoms with Crippen LogP contribution < -0.4 is 0 Å². The van der Waals surface area contributed by atoms with Gasteiger partial charge in [-0.15, -0.1) is 9.97 Å². The van der Waals surface area contributed by atoms with Crippen LogP contribution in [-0.2, 0) is 6.18 Å². The van der Waals surface area contributed by atoms with Crippen LogP contribution in [0.5, 0.6) is 0 Å². The molecule has 0 amide bonds. The highest BCUT2D eigenvalue weighted by Gasteiger charge is 2.37. The van der Waals surface area contributed by atoms with Crippen molar-refractivity contribution in [3.05, 3.63) is 45.6 Å². The molecule has 4 rings (SSSR count). The standard InChI is InChI=1S/C18H3F3N10/c1-6-15(18(19,20)21)29-12-9(26-6)13-14(31-17(25-3)16(24-2)30-13)11-10(12)27-7(4-22)8(5-23)28-11/h1H3. The molecule has 146 valence electrons. The first-order chi connectivity index (χ1) is 14.7. The van der Waals surface area contributed by atoms with Crippen LogP contribution in [0, 0.1) is 42.7 Å². The average Bonchev–Trinajstić information content (AvgIpc) is 2.76. The maximum atomic E-state index is 13.4. The number of halogens is 3. The predicted molar refractivity (Wildman–Crippen MR) is 97.4 cm³/mol. The Labute approximate surface area is 169 Å². The molecule has 0 atom stereocenters. The van der Waals surface area contributed by atoms with Gasteiger partial charge in [0.05, 0.1) is 5.69 Å². The van der Waals surface area contributed by atoms with Crippen LogP contribution in [-0.4, -0.2) is 29.9 Å². The SMILES string of the molecule is [C-]#[N+]c1nc2c3nc(C)c(C(F)(F)F)nc3c3nc(C#N)c(C#N)nc3c2nc1[N+]#[C-]. The highest BCUT2D eigenvalue weighted by atomic mass is 19.4. The van der Waals surface area contributed by atoms with Crippen molar-refractivity contribution in [2.45, 2.75) is 13.1 Å². The van der Waals surface area contributed by atoms with Gasteiger partial charge in [0, 0.05) is 0 Å². The van der Waals surface area contributed by atoms with E-state index < -0.39 is 29.0 Å². The summed E-state index contributed by atoms with van der Waals surface area (Å²) in [6.45, 7) is 15.5. The normalized spacial score (nSPS) is 11.1. The molecule has 0 saturated heterocycles. The van der Waals surface area contributed by atoms with Gasteiger partial charge in [0.15, 0.2) is 17.1 Å². The molecule has 0 saturated carbocycles. The maximum absolute atomic E-state index is 13.4. The first-order valence-corrected chi connectivity index (χ1v) is 8.09. The van der Waals surface area contributed by atoms with Crippen molar-refractivity contribution in [3.8, 4) is 12.1 Å². The minimum atomic E-state index is -4.83. The zero-order valence-electron chi connectivity index (χ0n) is 15.1. The van der Waals surface area contributed by atoms with E-state index in [0.717, 1.165) is 6.92 Å². The smallest absolute Gasteiger partial charge is 0.370 e. The fraction of sp³-hybridized carbons (Fsp3) is 0.111. The minimum Gasteiger partial charge on any atom is -0.370 e. The van der Waals surface area contributed by atoms with Gasteiger partial charge >= 0.3 is 6.18 Å². The van der Waals surface area contributed by atoms with Crippen molar-refractivity contribution in [2.75, 3.05) is 0 Å². The van der Waals surface area contributed by atoms with Gasteiger partial charge in [0.25, 0.3) is 11.6 Å². The van der Waals surface area contributed by atoms with Crippen molar-refractivity contribution >= 4 is 44.7 Å². The number of aryl methyl sites for hydroxylation is 1. The molecule has 0 unspecified atom stereocenters. The summed E-state index contributed by atoms with van der Waals surface area (Å²) in [6.07, 6.45) is -4.83. The second kappa shape index (κ2) is 6.51. The lowest BCUT2D eigenvalue weighted by molar-refractivity contribution is -0.141. The Bertz CT molecular complexity index is 1630. The Hall–Kier alpha value is -5.01. The van der Waals surface area contributed by atoms with Crippen LogP contribution >= 0.6 is 0 Å². The van der Waals surface area contributed by atoms with Gasteiger partial charge < -0.3 is 9.69 Å². The third-order valence-electron chi connectivity index (χ3n) is 4.19. The first-order valence-electron chi connectivity index (χ1n) is 8.09. The number of hydrogen-bond donors (Lipinski definition) is 0. The Morgan fingerprint density at radius 2 is 1.10 bits per heavy atom. The summed E-state index contributed by atoms with van der Waals surface area (Å²) in [5, 5.41) is 18.5. The summed E-state index contributed by atoms with van der Waals surface area (Å²) in [7, 11) is 0.